The SMILES string of the molecule is COc1ccccc1Oc1ccc2ccccc2c1.O=c1c2ccccc2oc2ccc3ccccc3c12. The number of ether oxygens (including phenoxy) is 2. The Morgan fingerprint density at radius 1 is 0.553 bits per heavy atom. The smallest absolute Gasteiger partial charge is 0.201 e. The number of fused-ring (bicyclic) bond motifs is 5. The fourth-order valence-corrected chi connectivity index (χ4v) is 4.63. The molecule has 184 valence electrons. The van der Waals surface area contributed by atoms with Crippen molar-refractivity contribution in [3.8, 4) is 17.2 Å². The first-order chi connectivity index (χ1) is 18.7. The zero-order valence-corrected chi connectivity index (χ0v) is 20.8. The van der Waals surface area contributed by atoms with Crippen LogP contribution in [0.4, 0.5) is 0 Å². The monoisotopic (exact) mass is 496 g/mol. The highest BCUT2D eigenvalue weighted by Gasteiger charge is 2.10. The Hall–Kier alpha value is -5.09. The largest absolute Gasteiger partial charge is 0.493 e. The zero-order valence-electron chi connectivity index (χ0n) is 20.8. The average Bonchev–Trinajstić information content (AvgIpc) is 2.97. The van der Waals surface area contributed by atoms with Gasteiger partial charge >= 0.3 is 0 Å². The standard InChI is InChI=1S/C17H10O2.C17H14O2/c18-17-13-7-3-4-8-14(13)19-15-10-9-11-5-1-2-6-12(11)16(15)17;1-18-16-8-4-5-9-17(16)19-15-11-10-13-6-2-3-7-14(13)12-15/h1-10H;2-12H,1H3. The Kier molecular flexibility index (Phi) is 6.20. The molecular formula is C34H24O4. The van der Waals surface area contributed by atoms with Gasteiger partial charge in [0.25, 0.3) is 0 Å². The fourth-order valence-electron chi connectivity index (χ4n) is 4.63. The van der Waals surface area contributed by atoms with Crippen molar-refractivity contribution in [2.75, 3.05) is 7.11 Å². The van der Waals surface area contributed by atoms with Gasteiger partial charge in [-0.3, -0.25) is 4.79 Å². The molecule has 4 nitrogen and oxygen atoms in total. The maximum Gasteiger partial charge on any atom is 0.201 e. The van der Waals surface area contributed by atoms with Gasteiger partial charge in [0, 0.05) is 0 Å². The third kappa shape index (κ3) is 4.44. The molecule has 1 heterocycles. The van der Waals surface area contributed by atoms with Crippen molar-refractivity contribution in [2.24, 2.45) is 0 Å². The lowest BCUT2D eigenvalue weighted by molar-refractivity contribution is 0.379. The zero-order chi connectivity index (χ0) is 25.9. The van der Waals surface area contributed by atoms with Crippen LogP contribution in [0.5, 0.6) is 17.2 Å². The maximum atomic E-state index is 12.6. The number of hydrogen-bond acceptors (Lipinski definition) is 4. The summed E-state index contributed by atoms with van der Waals surface area (Å²) in [5.74, 6) is 2.26. The lowest BCUT2D eigenvalue weighted by Crippen LogP contribution is -2.02. The second kappa shape index (κ2) is 10.1. The third-order valence-electron chi connectivity index (χ3n) is 6.49. The van der Waals surface area contributed by atoms with E-state index in [4.69, 9.17) is 13.9 Å². The van der Waals surface area contributed by atoms with Crippen molar-refractivity contribution in [3.05, 3.63) is 138 Å². The lowest BCUT2D eigenvalue weighted by atomic mass is 10.0. The highest BCUT2D eigenvalue weighted by molar-refractivity contribution is 6.08. The summed E-state index contributed by atoms with van der Waals surface area (Å²) in [5.41, 5.74) is 1.31. The summed E-state index contributed by atoms with van der Waals surface area (Å²) < 4.78 is 17.0. The topological polar surface area (TPSA) is 48.7 Å². The van der Waals surface area contributed by atoms with Crippen LogP contribution in [0.15, 0.2) is 137 Å². The van der Waals surface area contributed by atoms with Gasteiger partial charge in [-0.2, -0.15) is 0 Å². The van der Waals surface area contributed by atoms with E-state index in [-0.39, 0.29) is 5.43 Å². The second-order valence-corrected chi connectivity index (χ2v) is 8.85. The minimum Gasteiger partial charge on any atom is -0.493 e. The fraction of sp³-hybridized carbons (Fsp3) is 0.0294. The van der Waals surface area contributed by atoms with E-state index in [1.165, 1.54) is 5.39 Å². The van der Waals surface area contributed by atoms with Crippen LogP contribution in [-0.2, 0) is 0 Å². The van der Waals surface area contributed by atoms with Crippen LogP contribution in [0.25, 0.3) is 43.5 Å². The van der Waals surface area contributed by atoms with Crippen LogP contribution in [0.3, 0.4) is 0 Å². The molecule has 0 aliphatic heterocycles. The van der Waals surface area contributed by atoms with Crippen LogP contribution in [0.2, 0.25) is 0 Å². The van der Waals surface area contributed by atoms with E-state index >= 15 is 0 Å². The number of rotatable bonds is 3. The lowest BCUT2D eigenvalue weighted by Gasteiger charge is -2.10. The molecule has 1 aromatic heterocycles. The predicted octanol–water partition coefficient (Wildman–Crippen LogP) is 8.74. The van der Waals surface area contributed by atoms with E-state index in [9.17, 15) is 4.79 Å². The molecule has 0 atom stereocenters. The average molecular weight is 497 g/mol. The number of para-hydroxylation sites is 3. The van der Waals surface area contributed by atoms with Crippen molar-refractivity contribution in [2.45, 2.75) is 0 Å². The van der Waals surface area contributed by atoms with Crippen molar-refractivity contribution in [1.29, 1.82) is 0 Å². The molecular weight excluding hydrogens is 472 g/mol. The quantitative estimate of drug-likeness (QED) is 0.181. The Morgan fingerprint density at radius 3 is 2.00 bits per heavy atom. The normalized spacial score (nSPS) is 10.9. The van der Waals surface area contributed by atoms with Crippen LogP contribution in [0, 0.1) is 0 Å². The molecule has 7 aromatic rings. The van der Waals surface area contributed by atoms with Crippen molar-refractivity contribution < 1.29 is 13.9 Å². The molecule has 0 bridgehead atoms. The van der Waals surface area contributed by atoms with Gasteiger partial charge in [-0.1, -0.05) is 84.9 Å². The van der Waals surface area contributed by atoms with E-state index in [1.807, 2.05) is 109 Å². The minimum absolute atomic E-state index is 0.0358. The highest BCUT2D eigenvalue weighted by atomic mass is 16.5. The summed E-state index contributed by atoms with van der Waals surface area (Å²) in [7, 11) is 1.64. The van der Waals surface area contributed by atoms with Crippen LogP contribution in [0.1, 0.15) is 0 Å². The van der Waals surface area contributed by atoms with Gasteiger partial charge in [-0.05, 0) is 64.0 Å². The molecule has 0 fully saturated rings. The van der Waals surface area contributed by atoms with Gasteiger partial charge in [0.2, 0.25) is 5.43 Å². The van der Waals surface area contributed by atoms with E-state index in [1.54, 1.807) is 7.11 Å². The van der Waals surface area contributed by atoms with Crippen LogP contribution >= 0.6 is 0 Å². The first-order valence-electron chi connectivity index (χ1n) is 12.3. The Labute approximate surface area is 219 Å². The molecule has 0 amide bonds. The molecule has 0 unspecified atom stereocenters. The third-order valence-corrected chi connectivity index (χ3v) is 6.49. The number of hydrogen-bond donors (Lipinski definition) is 0. The molecule has 38 heavy (non-hydrogen) atoms. The molecule has 0 aliphatic rings. The predicted molar refractivity (Wildman–Crippen MR) is 155 cm³/mol. The summed E-state index contributed by atoms with van der Waals surface area (Å²) >= 11 is 0. The minimum atomic E-state index is 0.0358. The molecule has 0 spiro atoms. The van der Waals surface area contributed by atoms with Crippen LogP contribution in [-0.4, -0.2) is 7.11 Å². The van der Waals surface area contributed by atoms with Crippen molar-refractivity contribution in [1.82, 2.24) is 0 Å². The Balaban J connectivity index is 0.000000139. The first-order valence-corrected chi connectivity index (χ1v) is 12.3. The van der Waals surface area contributed by atoms with Gasteiger partial charge in [-0.25, -0.2) is 0 Å². The van der Waals surface area contributed by atoms with Gasteiger partial charge in [0.05, 0.1) is 17.9 Å². The molecule has 0 aliphatic carbocycles. The number of benzene rings is 6. The Bertz CT molecular complexity index is 1970. The molecule has 0 N–H and O–H groups in total. The first kappa shape index (κ1) is 23.3. The van der Waals surface area contributed by atoms with E-state index in [0.29, 0.717) is 21.9 Å². The molecule has 0 radical (unpaired) electrons. The van der Waals surface area contributed by atoms with Gasteiger partial charge in [0.15, 0.2) is 11.5 Å². The second-order valence-electron chi connectivity index (χ2n) is 8.85. The van der Waals surface area contributed by atoms with E-state index < -0.39 is 0 Å². The van der Waals surface area contributed by atoms with Gasteiger partial charge in [0.1, 0.15) is 16.9 Å². The molecule has 7 rings (SSSR count). The van der Waals surface area contributed by atoms with Gasteiger partial charge < -0.3 is 13.9 Å². The van der Waals surface area contributed by atoms with E-state index in [2.05, 4.69) is 18.2 Å². The van der Waals surface area contributed by atoms with E-state index in [0.717, 1.165) is 33.4 Å². The summed E-state index contributed by atoms with van der Waals surface area (Å²) in [6, 6.07) is 41.0. The van der Waals surface area contributed by atoms with Crippen molar-refractivity contribution in [3.63, 3.8) is 0 Å². The molecule has 4 heteroatoms. The summed E-state index contributed by atoms with van der Waals surface area (Å²) in [6.07, 6.45) is 0. The summed E-state index contributed by atoms with van der Waals surface area (Å²) in [5, 5.41) is 5.66. The van der Waals surface area contributed by atoms with Crippen LogP contribution < -0.4 is 14.9 Å². The molecule has 6 aromatic carbocycles. The highest BCUT2D eigenvalue weighted by Crippen LogP contribution is 2.32. The molecule has 0 saturated carbocycles. The summed E-state index contributed by atoms with van der Waals surface area (Å²) in [6.45, 7) is 0. The Morgan fingerprint density at radius 2 is 1.18 bits per heavy atom. The summed E-state index contributed by atoms with van der Waals surface area (Å²) in [4.78, 5) is 12.6. The molecule has 0 saturated heterocycles. The van der Waals surface area contributed by atoms with Crippen molar-refractivity contribution >= 4 is 43.5 Å². The maximum absolute atomic E-state index is 12.6. The number of methoxy groups -OCH3 is 1. The van der Waals surface area contributed by atoms with Gasteiger partial charge in [-0.15, -0.1) is 0 Å².